The Labute approximate surface area is 143 Å². The van der Waals surface area contributed by atoms with Crippen LogP contribution in [-0.4, -0.2) is 23.0 Å². The van der Waals surface area contributed by atoms with Gasteiger partial charge in [-0.15, -0.1) is 0 Å². The Balaban J connectivity index is 2.05. The third-order valence-corrected chi connectivity index (χ3v) is 3.27. The van der Waals surface area contributed by atoms with Crippen molar-refractivity contribution < 1.29 is 19.2 Å². The molecule has 0 saturated heterocycles. The molecule has 1 N–H and O–H groups in total. The molecule has 128 valence electrons. The standard InChI is InChI=1S/C17H15N3O5/c1-11-15(4-3-5-16(11)20(23)24)17(22)19-18-10-13-6-8-14(9-7-13)25-12(2)21/h3-10H,1-2H3,(H,19,22)/b18-10-. The maximum absolute atomic E-state index is 12.1. The fourth-order valence-electron chi connectivity index (χ4n) is 2.08. The Kier molecular flexibility index (Phi) is 5.57. The maximum atomic E-state index is 12.1. The van der Waals surface area contributed by atoms with Crippen LogP contribution in [0.15, 0.2) is 47.6 Å². The molecule has 0 fully saturated rings. The molecule has 0 aromatic heterocycles. The Morgan fingerprint density at radius 2 is 1.88 bits per heavy atom. The second-order valence-corrected chi connectivity index (χ2v) is 5.07. The highest BCUT2D eigenvalue weighted by atomic mass is 16.6. The van der Waals surface area contributed by atoms with E-state index in [1.54, 1.807) is 24.3 Å². The normalized spacial score (nSPS) is 10.5. The molecule has 0 heterocycles. The number of hydrogen-bond donors (Lipinski definition) is 1. The minimum atomic E-state index is -0.547. The van der Waals surface area contributed by atoms with Crippen LogP contribution in [0.2, 0.25) is 0 Å². The van der Waals surface area contributed by atoms with E-state index in [4.69, 9.17) is 4.74 Å². The van der Waals surface area contributed by atoms with Crippen LogP contribution in [0.25, 0.3) is 0 Å². The van der Waals surface area contributed by atoms with E-state index >= 15 is 0 Å². The first-order chi connectivity index (χ1) is 11.9. The van der Waals surface area contributed by atoms with E-state index in [0.29, 0.717) is 11.3 Å². The van der Waals surface area contributed by atoms with Gasteiger partial charge >= 0.3 is 5.97 Å². The van der Waals surface area contributed by atoms with Gasteiger partial charge in [0, 0.05) is 18.6 Å². The summed E-state index contributed by atoms with van der Waals surface area (Å²) in [5.41, 5.74) is 3.32. The van der Waals surface area contributed by atoms with Gasteiger partial charge in [-0.25, -0.2) is 5.43 Å². The van der Waals surface area contributed by atoms with Gasteiger partial charge in [-0.05, 0) is 42.8 Å². The summed E-state index contributed by atoms with van der Waals surface area (Å²) in [4.78, 5) is 33.3. The molecule has 0 saturated carbocycles. The summed E-state index contributed by atoms with van der Waals surface area (Å²) >= 11 is 0. The smallest absolute Gasteiger partial charge is 0.308 e. The first-order valence-electron chi connectivity index (χ1n) is 7.24. The molecule has 0 unspecified atom stereocenters. The summed E-state index contributed by atoms with van der Waals surface area (Å²) in [6, 6.07) is 10.8. The van der Waals surface area contributed by atoms with Gasteiger partial charge in [0.1, 0.15) is 5.75 Å². The highest BCUT2D eigenvalue weighted by Gasteiger charge is 2.17. The fourth-order valence-corrected chi connectivity index (χ4v) is 2.08. The minimum absolute atomic E-state index is 0.127. The SMILES string of the molecule is CC(=O)Oc1ccc(/C=N\NC(=O)c2cccc([N+](=O)[O-])c2C)cc1. The van der Waals surface area contributed by atoms with E-state index in [2.05, 4.69) is 10.5 Å². The number of hydrazone groups is 1. The average Bonchev–Trinajstić information content (AvgIpc) is 2.55. The van der Waals surface area contributed by atoms with E-state index in [9.17, 15) is 19.7 Å². The molecule has 0 bridgehead atoms. The van der Waals surface area contributed by atoms with E-state index in [0.717, 1.165) is 0 Å². The average molecular weight is 341 g/mol. The van der Waals surface area contributed by atoms with Gasteiger partial charge in [-0.2, -0.15) is 5.10 Å². The van der Waals surface area contributed by atoms with Crippen molar-refractivity contribution in [3.05, 3.63) is 69.3 Å². The van der Waals surface area contributed by atoms with Gasteiger partial charge in [0.2, 0.25) is 0 Å². The third kappa shape index (κ3) is 4.71. The van der Waals surface area contributed by atoms with Crippen LogP contribution >= 0.6 is 0 Å². The summed E-state index contributed by atoms with van der Waals surface area (Å²) in [5.74, 6) is -0.559. The highest BCUT2D eigenvalue weighted by Crippen LogP contribution is 2.20. The number of carbonyl (C=O) groups is 2. The number of ether oxygens (including phenoxy) is 1. The summed E-state index contributed by atoms with van der Waals surface area (Å²) in [7, 11) is 0. The Hall–Kier alpha value is -3.55. The monoisotopic (exact) mass is 341 g/mol. The predicted octanol–water partition coefficient (Wildman–Crippen LogP) is 2.59. The first kappa shape index (κ1) is 17.8. The lowest BCUT2D eigenvalue weighted by Crippen LogP contribution is -2.19. The molecular weight excluding hydrogens is 326 g/mol. The van der Waals surface area contributed by atoms with Gasteiger partial charge in [0.05, 0.1) is 16.7 Å². The van der Waals surface area contributed by atoms with Crippen LogP contribution in [0.1, 0.15) is 28.4 Å². The molecule has 8 nitrogen and oxygen atoms in total. The molecule has 25 heavy (non-hydrogen) atoms. The zero-order valence-electron chi connectivity index (χ0n) is 13.6. The topological polar surface area (TPSA) is 111 Å². The number of esters is 1. The van der Waals surface area contributed by atoms with Crippen molar-refractivity contribution in [2.45, 2.75) is 13.8 Å². The lowest BCUT2D eigenvalue weighted by molar-refractivity contribution is -0.385. The Morgan fingerprint density at radius 1 is 1.20 bits per heavy atom. The molecule has 0 radical (unpaired) electrons. The number of nitro groups is 1. The number of amides is 1. The quantitative estimate of drug-likeness (QED) is 0.295. The molecule has 2 rings (SSSR count). The van der Waals surface area contributed by atoms with Crippen LogP contribution in [0.3, 0.4) is 0 Å². The van der Waals surface area contributed by atoms with Crippen molar-refractivity contribution >= 4 is 23.8 Å². The van der Waals surface area contributed by atoms with E-state index in [1.165, 1.54) is 38.3 Å². The number of benzene rings is 2. The second kappa shape index (κ2) is 7.82. The highest BCUT2D eigenvalue weighted by molar-refractivity contribution is 5.97. The molecule has 8 heteroatoms. The summed E-state index contributed by atoms with van der Waals surface area (Å²) in [6.45, 7) is 2.81. The van der Waals surface area contributed by atoms with Gasteiger partial charge in [-0.1, -0.05) is 6.07 Å². The predicted molar refractivity (Wildman–Crippen MR) is 90.6 cm³/mol. The number of nitrogens with zero attached hydrogens (tertiary/aromatic N) is 2. The first-order valence-corrected chi connectivity index (χ1v) is 7.24. The summed E-state index contributed by atoms with van der Waals surface area (Å²) in [5, 5.41) is 14.7. The van der Waals surface area contributed by atoms with Crippen LogP contribution in [0.4, 0.5) is 5.69 Å². The molecule has 0 aliphatic rings. The molecular formula is C17H15N3O5. The van der Waals surface area contributed by atoms with Crippen molar-refractivity contribution in [3.63, 3.8) is 0 Å². The minimum Gasteiger partial charge on any atom is -0.427 e. The number of rotatable bonds is 5. The zero-order valence-corrected chi connectivity index (χ0v) is 13.6. The van der Waals surface area contributed by atoms with E-state index in [1.807, 2.05) is 0 Å². The van der Waals surface area contributed by atoms with Gasteiger partial charge in [0.25, 0.3) is 11.6 Å². The number of hydrogen-bond acceptors (Lipinski definition) is 6. The molecule has 0 atom stereocenters. The van der Waals surface area contributed by atoms with Crippen molar-refractivity contribution in [1.29, 1.82) is 0 Å². The van der Waals surface area contributed by atoms with E-state index < -0.39 is 16.8 Å². The van der Waals surface area contributed by atoms with Gasteiger partial charge in [-0.3, -0.25) is 19.7 Å². The molecule has 2 aromatic rings. The van der Waals surface area contributed by atoms with Gasteiger partial charge < -0.3 is 4.74 Å². The number of nitrogens with one attached hydrogen (secondary N) is 1. The molecule has 0 aliphatic heterocycles. The van der Waals surface area contributed by atoms with Crippen LogP contribution < -0.4 is 10.2 Å². The lowest BCUT2D eigenvalue weighted by Gasteiger charge is -2.04. The summed E-state index contributed by atoms with van der Waals surface area (Å²) < 4.78 is 4.91. The van der Waals surface area contributed by atoms with Crippen molar-refractivity contribution in [2.24, 2.45) is 5.10 Å². The van der Waals surface area contributed by atoms with Gasteiger partial charge in [0.15, 0.2) is 0 Å². The molecule has 0 aliphatic carbocycles. The fraction of sp³-hybridized carbons (Fsp3) is 0.118. The van der Waals surface area contributed by atoms with Crippen LogP contribution in [0, 0.1) is 17.0 Å². The van der Waals surface area contributed by atoms with Crippen molar-refractivity contribution in [3.8, 4) is 5.75 Å². The Bertz CT molecular complexity index is 844. The van der Waals surface area contributed by atoms with Crippen molar-refractivity contribution in [2.75, 3.05) is 0 Å². The second-order valence-electron chi connectivity index (χ2n) is 5.07. The van der Waals surface area contributed by atoms with Crippen LogP contribution in [0.5, 0.6) is 5.75 Å². The van der Waals surface area contributed by atoms with Crippen molar-refractivity contribution in [1.82, 2.24) is 5.43 Å². The largest absolute Gasteiger partial charge is 0.427 e. The summed E-state index contributed by atoms with van der Waals surface area (Å²) in [6.07, 6.45) is 1.40. The maximum Gasteiger partial charge on any atom is 0.308 e. The number of nitro benzene ring substituents is 1. The molecule has 2 aromatic carbocycles. The molecule has 0 spiro atoms. The van der Waals surface area contributed by atoms with Crippen LogP contribution in [-0.2, 0) is 4.79 Å². The molecule has 1 amide bonds. The number of carbonyl (C=O) groups excluding carboxylic acids is 2. The lowest BCUT2D eigenvalue weighted by atomic mass is 10.1. The third-order valence-electron chi connectivity index (χ3n) is 3.27. The Morgan fingerprint density at radius 3 is 2.48 bits per heavy atom. The zero-order chi connectivity index (χ0) is 18.4. The van der Waals surface area contributed by atoms with E-state index in [-0.39, 0.29) is 16.8 Å².